The highest BCUT2D eigenvalue weighted by Gasteiger charge is 2.33. The zero-order chi connectivity index (χ0) is 28.3. The molecule has 1 aliphatic heterocycles. The van der Waals surface area contributed by atoms with Crippen molar-refractivity contribution in [3.05, 3.63) is 113 Å². The Morgan fingerprint density at radius 3 is 1.98 bits per heavy atom. The SMILES string of the molecule is O=S(=O)(c1ccc(N=C(c2ccccc2)c2ccccc2)nc1)N1CCN(c2cc(C(F)(F)F)cc(Cl)n2)CC1. The van der Waals surface area contributed by atoms with Gasteiger partial charge in [-0.15, -0.1) is 0 Å². The Kier molecular flexibility index (Phi) is 7.88. The summed E-state index contributed by atoms with van der Waals surface area (Å²) in [4.78, 5) is 14.6. The van der Waals surface area contributed by atoms with Crippen LogP contribution < -0.4 is 4.90 Å². The number of aromatic nitrogens is 2. The standard InChI is InChI=1S/C28H23ClF3N5O2S/c29-24-17-22(28(30,31)32)18-26(34-24)36-13-15-37(16-14-36)40(38,39)23-11-12-25(33-19-23)35-27(20-7-3-1-4-8-20)21-9-5-2-6-10-21/h1-12,17-19H,13-16H2. The number of nitrogens with zero attached hydrogens (tertiary/aromatic N) is 5. The molecule has 4 aromatic rings. The molecule has 5 rings (SSSR count). The van der Waals surface area contributed by atoms with Gasteiger partial charge in [0.15, 0.2) is 5.82 Å². The summed E-state index contributed by atoms with van der Waals surface area (Å²) in [5.74, 6) is 0.396. The molecular weight excluding hydrogens is 563 g/mol. The Hall–Kier alpha value is -3.80. The number of sulfonamides is 1. The maximum Gasteiger partial charge on any atom is 0.416 e. The Balaban J connectivity index is 1.33. The van der Waals surface area contributed by atoms with Crippen LogP contribution in [0.2, 0.25) is 5.15 Å². The number of piperazine rings is 1. The maximum absolute atomic E-state index is 13.3. The van der Waals surface area contributed by atoms with Crippen LogP contribution in [0.3, 0.4) is 0 Å². The molecule has 1 saturated heterocycles. The second kappa shape index (κ2) is 11.4. The summed E-state index contributed by atoms with van der Waals surface area (Å²) >= 11 is 5.81. The van der Waals surface area contributed by atoms with E-state index in [1.165, 1.54) is 16.6 Å². The first-order chi connectivity index (χ1) is 19.1. The van der Waals surface area contributed by atoms with Crippen LogP contribution in [-0.4, -0.2) is 54.6 Å². The molecule has 0 saturated carbocycles. The first kappa shape index (κ1) is 27.8. The average Bonchev–Trinajstić information content (AvgIpc) is 2.96. The fraction of sp³-hybridized carbons (Fsp3) is 0.179. The smallest absolute Gasteiger partial charge is 0.354 e. The van der Waals surface area contributed by atoms with Crippen molar-refractivity contribution in [1.29, 1.82) is 0 Å². The lowest BCUT2D eigenvalue weighted by molar-refractivity contribution is -0.137. The Morgan fingerprint density at radius 1 is 0.850 bits per heavy atom. The molecule has 1 fully saturated rings. The van der Waals surface area contributed by atoms with E-state index < -0.39 is 21.8 Å². The van der Waals surface area contributed by atoms with Gasteiger partial charge in [-0.05, 0) is 24.3 Å². The molecule has 0 N–H and O–H groups in total. The van der Waals surface area contributed by atoms with Gasteiger partial charge in [0.2, 0.25) is 10.0 Å². The van der Waals surface area contributed by atoms with Crippen LogP contribution in [0.25, 0.3) is 0 Å². The zero-order valence-corrected chi connectivity index (χ0v) is 22.5. The molecule has 1 aliphatic rings. The highest BCUT2D eigenvalue weighted by atomic mass is 35.5. The van der Waals surface area contributed by atoms with E-state index in [9.17, 15) is 21.6 Å². The number of hydrogen-bond acceptors (Lipinski definition) is 6. The molecule has 206 valence electrons. The summed E-state index contributed by atoms with van der Waals surface area (Å²) in [7, 11) is -3.89. The van der Waals surface area contributed by atoms with Gasteiger partial charge in [-0.3, -0.25) is 0 Å². The van der Waals surface area contributed by atoms with Crippen molar-refractivity contribution >= 4 is 39.0 Å². The van der Waals surface area contributed by atoms with E-state index in [1.54, 1.807) is 11.0 Å². The maximum atomic E-state index is 13.3. The molecule has 2 aromatic carbocycles. The third-order valence-electron chi connectivity index (χ3n) is 6.35. The number of rotatable bonds is 6. The molecule has 0 spiro atoms. The average molecular weight is 586 g/mol. The van der Waals surface area contributed by atoms with Crippen LogP contribution in [0.5, 0.6) is 0 Å². The van der Waals surface area contributed by atoms with E-state index in [2.05, 4.69) is 9.97 Å². The molecule has 3 heterocycles. The highest BCUT2D eigenvalue weighted by Crippen LogP contribution is 2.33. The van der Waals surface area contributed by atoms with E-state index in [1.807, 2.05) is 60.7 Å². The van der Waals surface area contributed by atoms with Crippen molar-refractivity contribution < 1.29 is 21.6 Å². The molecule has 0 unspecified atom stereocenters. The number of halogens is 4. The van der Waals surface area contributed by atoms with Crippen molar-refractivity contribution in [1.82, 2.24) is 14.3 Å². The van der Waals surface area contributed by atoms with Crippen molar-refractivity contribution in [2.75, 3.05) is 31.1 Å². The van der Waals surface area contributed by atoms with E-state index in [4.69, 9.17) is 16.6 Å². The van der Waals surface area contributed by atoms with E-state index >= 15 is 0 Å². The largest absolute Gasteiger partial charge is 0.416 e. The van der Waals surface area contributed by atoms with Crippen molar-refractivity contribution in [2.45, 2.75) is 11.1 Å². The van der Waals surface area contributed by atoms with Crippen molar-refractivity contribution in [3.8, 4) is 0 Å². The number of benzene rings is 2. The number of pyridine rings is 2. The van der Waals surface area contributed by atoms with Crippen LogP contribution in [0.4, 0.5) is 24.8 Å². The lowest BCUT2D eigenvalue weighted by Gasteiger charge is -2.34. The van der Waals surface area contributed by atoms with Gasteiger partial charge in [-0.25, -0.2) is 23.4 Å². The molecule has 0 radical (unpaired) electrons. The predicted octanol–water partition coefficient (Wildman–Crippen LogP) is 5.83. The van der Waals surface area contributed by atoms with Crippen LogP contribution >= 0.6 is 11.6 Å². The Labute approximate surface area is 234 Å². The van der Waals surface area contributed by atoms with Crippen LogP contribution in [0.15, 0.2) is 101 Å². The minimum Gasteiger partial charge on any atom is -0.354 e. The molecule has 2 aromatic heterocycles. The van der Waals surface area contributed by atoms with Gasteiger partial charge in [-0.2, -0.15) is 17.5 Å². The van der Waals surface area contributed by atoms with E-state index in [-0.39, 0.29) is 42.0 Å². The number of hydrogen-bond donors (Lipinski definition) is 0. The first-order valence-electron chi connectivity index (χ1n) is 12.3. The number of anilines is 1. The van der Waals surface area contributed by atoms with E-state index in [0.717, 1.165) is 23.3 Å². The molecular formula is C28H23ClF3N5O2S. The monoisotopic (exact) mass is 585 g/mol. The van der Waals surface area contributed by atoms with Gasteiger partial charge in [0.05, 0.1) is 11.3 Å². The highest BCUT2D eigenvalue weighted by molar-refractivity contribution is 7.89. The van der Waals surface area contributed by atoms with Gasteiger partial charge in [0.1, 0.15) is 15.9 Å². The Bertz CT molecular complexity index is 1570. The minimum atomic E-state index is -4.57. The summed E-state index contributed by atoms with van der Waals surface area (Å²) in [6, 6.07) is 23.9. The summed E-state index contributed by atoms with van der Waals surface area (Å²) in [5, 5.41) is -0.281. The third kappa shape index (κ3) is 6.16. The number of aliphatic imine (C=N–C) groups is 1. The lowest BCUT2D eigenvalue weighted by atomic mass is 10.0. The molecule has 40 heavy (non-hydrogen) atoms. The quantitative estimate of drug-likeness (QED) is 0.210. The molecule has 0 amide bonds. The van der Waals surface area contributed by atoms with E-state index in [0.29, 0.717) is 11.5 Å². The molecule has 7 nitrogen and oxygen atoms in total. The van der Waals surface area contributed by atoms with Gasteiger partial charge in [-0.1, -0.05) is 72.3 Å². The summed E-state index contributed by atoms with van der Waals surface area (Å²) < 4.78 is 67.4. The second-order valence-electron chi connectivity index (χ2n) is 8.97. The lowest BCUT2D eigenvalue weighted by Crippen LogP contribution is -2.49. The minimum absolute atomic E-state index is 0.00103. The second-order valence-corrected chi connectivity index (χ2v) is 11.3. The third-order valence-corrected chi connectivity index (χ3v) is 8.43. The molecule has 0 atom stereocenters. The normalized spacial score (nSPS) is 14.7. The predicted molar refractivity (Wildman–Crippen MR) is 148 cm³/mol. The van der Waals surface area contributed by atoms with Gasteiger partial charge >= 0.3 is 6.18 Å². The molecule has 0 aliphatic carbocycles. The van der Waals surface area contributed by atoms with Crippen LogP contribution in [0.1, 0.15) is 16.7 Å². The van der Waals surface area contributed by atoms with Crippen LogP contribution in [0, 0.1) is 0 Å². The summed E-state index contributed by atoms with van der Waals surface area (Å²) in [6.45, 7) is 0.419. The van der Waals surface area contributed by atoms with Crippen molar-refractivity contribution in [3.63, 3.8) is 0 Å². The van der Waals surface area contributed by atoms with Gasteiger partial charge in [0, 0.05) is 43.5 Å². The molecule has 12 heteroatoms. The Morgan fingerprint density at radius 2 is 1.45 bits per heavy atom. The van der Waals surface area contributed by atoms with Gasteiger partial charge < -0.3 is 4.90 Å². The fourth-order valence-electron chi connectivity index (χ4n) is 4.31. The van der Waals surface area contributed by atoms with Crippen molar-refractivity contribution in [2.24, 2.45) is 4.99 Å². The van der Waals surface area contributed by atoms with Crippen LogP contribution in [-0.2, 0) is 16.2 Å². The topological polar surface area (TPSA) is 78.8 Å². The summed E-state index contributed by atoms with van der Waals surface area (Å²) in [5.41, 5.74) is 1.57. The number of alkyl halides is 3. The summed E-state index contributed by atoms with van der Waals surface area (Å²) in [6.07, 6.45) is -3.30. The first-order valence-corrected chi connectivity index (χ1v) is 14.1. The molecule has 0 bridgehead atoms. The zero-order valence-electron chi connectivity index (χ0n) is 21.0. The fourth-order valence-corrected chi connectivity index (χ4v) is 5.88. The van der Waals surface area contributed by atoms with Gasteiger partial charge in [0.25, 0.3) is 0 Å².